The molecule has 0 aromatic heterocycles. The van der Waals surface area contributed by atoms with Gasteiger partial charge in [0.25, 0.3) is 5.91 Å². The Balaban J connectivity index is 2.05. The summed E-state index contributed by atoms with van der Waals surface area (Å²) in [5.41, 5.74) is -3.33. The molecule has 1 atom stereocenters. The monoisotopic (exact) mass is 562 g/mol. The van der Waals surface area contributed by atoms with E-state index in [2.05, 4.69) is 6.58 Å². The van der Waals surface area contributed by atoms with Gasteiger partial charge >= 0.3 is 12.3 Å². The molecule has 0 radical (unpaired) electrons. The molecule has 1 aromatic rings. The lowest BCUT2D eigenvalue weighted by Crippen LogP contribution is -2.70. The lowest BCUT2D eigenvalue weighted by molar-refractivity contribution is -0.149. The summed E-state index contributed by atoms with van der Waals surface area (Å²) in [6.07, 6.45) is -2.00. The van der Waals surface area contributed by atoms with Gasteiger partial charge in [-0.3, -0.25) is 14.5 Å². The molecule has 12 heteroatoms. The van der Waals surface area contributed by atoms with Gasteiger partial charge in [0.15, 0.2) is 0 Å². The highest BCUT2D eigenvalue weighted by molar-refractivity contribution is 6.10. The zero-order valence-electron chi connectivity index (χ0n) is 22.6. The van der Waals surface area contributed by atoms with Gasteiger partial charge < -0.3 is 14.5 Å². The number of alkyl halides is 3. The third-order valence-electron chi connectivity index (χ3n) is 6.62. The first kappa shape index (κ1) is 30.4. The van der Waals surface area contributed by atoms with Crippen LogP contribution in [0.4, 0.5) is 28.0 Å². The van der Waals surface area contributed by atoms with Crippen molar-refractivity contribution in [3.63, 3.8) is 0 Å². The zero-order chi connectivity index (χ0) is 30.0. The molecule has 1 unspecified atom stereocenters. The van der Waals surface area contributed by atoms with Crippen molar-refractivity contribution in [2.45, 2.75) is 51.4 Å². The second-order valence-corrected chi connectivity index (χ2v) is 10.6. The molecule has 40 heavy (non-hydrogen) atoms. The minimum Gasteiger partial charge on any atom is -0.444 e. The van der Waals surface area contributed by atoms with Crippen molar-refractivity contribution in [2.24, 2.45) is 0 Å². The van der Waals surface area contributed by atoms with Crippen LogP contribution in [0.1, 0.15) is 39.7 Å². The lowest BCUT2D eigenvalue weighted by atomic mass is 9.89. The zero-order valence-corrected chi connectivity index (χ0v) is 22.6. The minimum atomic E-state index is -4.55. The maximum absolute atomic E-state index is 14.9. The van der Waals surface area contributed by atoms with Crippen LogP contribution in [0.3, 0.4) is 0 Å². The maximum Gasteiger partial charge on any atom is 0.412 e. The maximum atomic E-state index is 14.9. The van der Waals surface area contributed by atoms with Crippen LogP contribution in [0.2, 0.25) is 0 Å². The van der Waals surface area contributed by atoms with E-state index in [1.165, 1.54) is 28.0 Å². The van der Waals surface area contributed by atoms with Crippen molar-refractivity contribution in [1.82, 2.24) is 9.80 Å². The standard InChI is InChI=1S/C28H30F4N4O4/c1-6-19(8-7-18(2)28(30,31)32)15-36-23(37)16-35(22-10-9-20(14-33)13-21(22)29)24(38)27(36)11-12-34(17-27)25(39)40-26(3,4)5/h6-10,13H,1,11-12,15-17H2,2-5H3/b18-7+,19-8+. The van der Waals surface area contributed by atoms with Crippen LogP contribution in [0.25, 0.3) is 0 Å². The van der Waals surface area contributed by atoms with Crippen LogP contribution in [0.5, 0.6) is 0 Å². The number of benzene rings is 1. The molecule has 0 bridgehead atoms. The molecule has 3 amide bonds. The van der Waals surface area contributed by atoms with Crippen molar-refractivity contribution in [2.75, 3.05) is 31.1 Å². The molecular weight excluding hydrogens is 532 g/mol. The van der Waals surface area contributed by atoms with E-state index in [1.54, 1.807) is 26.8 Å². The van der Waals surface area contributed by atoms with Crippen LogP contribution in [0.15, 0.2) is 54.2 Å². The van der Waals surface area contributed by atoms with Gasteiger partial charge in [0.1, 0.15) is 23.5 Å². The molecular formula is C28H30F4N4O4. The van der Waals surface area contributed by atoms with Crippen LogP contribution < -0.4 is 4.90 Å². The molecule has 2 saturated heterocycles. The number of hydrogen-bond acceptors (Lipinski definition) is 5. The summed E-state index contributed by atoms with van der Waals surface area (Å²) in [6.45, 7) is 8.47. The van der Waals surface area contributed by atoms with E-state index in [1.807, 2.05) is 0 Å². The number of nitriles is 1. The molecule has 3 rings (SSSR count). The van der Waals surface area contributed by atoms with Gasteiger partial charge in [-0.1, -0.05) is 24.8 Å². The fraction of sp³-hybridized carbons (Fsp3) is 0.429. The number of rotatable bonds is 5. The van der Waals surface area contributed by atoms with E-state index in [-0.39, 0.29) is 42.9 Å². The molecule has 2 aliphatic heterocycles. The number of carbonyl (C=O) groups excluding carboxylic acids is 3. The first-order valence-corrected chi connectivity index (χ1v) is 12.4. The Labute approximate surface area is 229 Å². The number of allylic oxidation sites excluding steroid dienone is 3. The van der Waals surface area contributed by atoms with Gasteiger partial charge in [-0.25, -0.2) is 9.18 Å². The Morgan fingerprint density at radius 1 is 1.23 bits per heavy atom. The van der Waals surface area contributed by atoms with Gasteiger partial charge in [-0.15, -0.1) is 0 Å². The predicted molar refractivity (Wildman–Crippen MR) is 138 cm³/mol. The first-order chi connectivity index (χ1) is 18.5. The number of hydrogen-bond donors (Lipinski definition) is 0. The quantitative estimate of drug-likeness (QED) is 0.377. The second-order valence-electron chi connectivity index (χ2n) is 10.6. The van der Waals surface area contributed by atoms with Crippen LogP contribution in [0, 0.1) is 17.1 Å². The second kappa shape index (κ2) is 11.2. The van der Waals surface area contributed by atoms with Gasteiger partial charge in [-0.05, 0) is 57.9 Å². The van der Waals surface area contributed by atoms with Crippen molar-refractivity contribution >= 4 is 23.6 Å². The van der Waals surface area contributed by atoms with Crippen LogP contribution >= 0.6 is 0 Å². The van der Waals surface area contributed by atoms with E-state index < -0.39 is 53.2 Å². The van der Waals surface area contributed by atoms with E-state index in [9.17, 15) is 31.9 Å². The Morgan fingerprint density at radius 3 is 2.45 bits per heavy atom. The third-order valence-corrected chi connectivity index (χ3v) is 6.62. The number of nitrogens with zero attached hydrogens (tertiary/aromatic N) is 4. The van der Waals surface area contributed by atoms with Gasteiger partial charge in [0.05, 0.1) is 23.9 Å². The fourth-order valence-corrected chi connectivity index (χ4v) is 4.49. The number of anilines is 1. The molecule has 0 N–H and O–H groups in total. The van der Waals surface area contributed by atoms with Gasteiger partial charge in [-0.2, -0.15) is 18.4 Å². The largest absolute Gasteiger partial charge is 0.444 e. The van der Waals surface area contributed by atoms with Crippen LogP contribution in [-0.2, 0) is 14.3 Å². The van der Waals surface area contributed by atoms with E-state index in [4.69, 9.17) is 10.00 Å². The number of likely N-dealkylation sites (tertiary alicyclic amines) is 1. The van der Waals surface area contributed by atoms with Crippen molar-refractivity contribution in [3.05, 3.63) is 65.5 Å². The summed E-state index contributed by atoms with van der Waals surface area (Å²) < 4.78 is 59.4. The number of halogens is 4. The van der Waals surface area contributed by atoms with Gasteiger partial charge in [0.2, 0.25) is 5.91 Å². The summed E-state index contributed by atoms with van der Waals surface area (Å²) >= 11 is 0. The lowest BCUT2D eigenvalue weighted by Gasteiger charge is -2.47. The highest BCUT2D eigenvalue weighted by Crippen LogP contribution is 2.37. The summed E-state index contributed by atoms with van der Waals surface area (Å²) in [6, 6.07) is 5.28. The smallest absolute Gasteiger partial charge is 0.412 e. The molecule has 2 aliphatic rings. The Morgan fingerprint density at radius 2 is 1.90 bits per heavy atom. The molecule has 1 spiro atoms. The summed E-state index contributed by atoms with van der Waals surface area (Å²) in [7, 11) is 0. The average Bonchev–Trinajstić information content (AvgIpc) is 3.30. The van der Waals surface area contributed by atoms with Crippen molar-refractivity contribution < 1.29 is 36.7 Å². The highest BCUT2D eigenvalue weighted by atomic mass is 19.4. The molecule has 1 aromatic carbocycles. The molecule has 2 heterocycles. The van der Waals surface area contributed by atoms with Crippen LogP contribution in [-0.4, -0.2) is 71.2 Å². The first-order valence-electron chi connectivity index (χ1n) is 12.4. The number of amides is 3. The summed E-state index contributed by atoms with van der Waals surface area (Å²) in [5, 5.41) is 9.06. The Bertz CT molecular complexity index is 1320. The number of piperazine rings is 1. The summed E-state index contributed by atoms with van der Waals surface area (Å²) in [4.78, 5) is 43.9. The molecule has 0 aliphatic carbocycles. The Hall–Kier alpha value is -4.14. The molecule has 2 fully saturated rings. The van der Waals surface area contributed by atoms with Crippen molar-refractivity contribution in [3.8, 4) is 6.07 Å². The van der Waals surface area contributed by atoms with Crippen molar-refractivity contribution in [1.29, 1.82) is 5.26 Å². The average molecular weight is 563 g/mol. The number of carbonyl (C=O) groups is 3. The van der Waals surface area contributed by atoms with E-state index in [0.717, 1.165) is 30.0 Å². The minimum absolute atomic E-state index is 0.0208. The number of ether oxygens (including phenoxy) is 1. The SMILES string of the molecule is C=C/C(=C\C=C(/C)C(F)(F)F)CN1C(=O)CN(c2ccc(C#N)cc2F)C(=O)C12CCN(C(=O)OC(C)(C)C)C2. The van der Waals surface area contributed by atoms with E-state index in [0.29, 0.717) is 0 Å². The van der Waals surface area contributed by atoms with E-state index >= 15 is 0 Å². The molecule has 214 valence electrons. The third kappa shape index (κ3) is 6.35. The fourth-order valence-electron chi connectivity index (χ4n) is 4.49. The summed E-state index contributed by atoms with van der Waals surface area (Å²) in [5.74, 6) is -2.17. The topological polar surface area (TPSA) is 94.0 Å². The van der Waals surface area contributed by atoms with Gasteiger partial charge in [0, 0.05) is 18.7 Å². The Kier molecular flexibility index (Phi) is 8.48. The molecule has 8 nitrogen and oxygen atoms in total. The predicted octanol–water partition coefficient (Wildman–Crippen LogP) is 4.87. The molecule has 0 saturated carbocycles. The highest BCUT2D eigenvalue weighted by Gasteiger charge is 2.57. The normalized spacial score (nSPS) is 20.7.